The lowest BCUT2D eigenvalue weighted by molar-refractivity contribution is -0.144. The van der Waals surface area contributed by atoms with Crippen molar-refractivity contribution in [3.05, 3.63) is 36.2 Å². The summed E-state index contributed by atoms with van der Waals surface area (Å²) in [5, 5.41) is 23.1. The number of hydrogen-bond donors (Lipinski definition) is 2. The standard InChI is InChI=1S/C14H15N5O3S/c20-12(16-14(13(21)22)5-7-23-8-6-14)10-1-3-11(4-2-10)19-9-15-17-18-19/h1-4,9H,5-8H2,(H,16,20)(H,21,22). The maximum Gasteiger partial charge on any atom is 0.329 e. The van der Waals surface area contributed by atoms with E-state index in [1.165, 1.54) is 11.0 Å². The van der Waals surface area contributed by atoms with Crippen LogP contribution in [0.25, 0.3) is 5.69 Å². The summed E-state index contributed by atoms with van der Waals surface area (Å²) < 4.78 is 1.47. The predicted molar refractivity (Wildman–Crippen MR) is 83.5 cm³/mol. The summed E-state index contributed by atoms with van der Waals surface area (Å²) in [4.78, 5) is 24.0. The van der Waals surface area contributed by atoms with Gasteiger partial charge in [-0.15, -0.1) is 5.10 Å². The Balaban J connectivity index is 1.76. The van der Waals surface area contributed by atoms with Gasteiger partial charge in [-0.1, -0.05) is 0 Å². The van der Waals surface area contributed by atoms with E-state index in [0.29, 0.717) is 24.1 Å². The third-order valence-electron chi connectivity index (χ3n) is 3.85. The minimum atomic E-state index is -1.17. The van der Waals surface area contributed by atoms with Crippen LogP contribution < -0.4 is 5.32 Å². The van der Waals surface area contributed by atoms with E-state index in [1.54, 1.807) is 36.0 Å². The van der Waals surface area contributed by atoms with E-state index in [2.05, 4.69) is 20.8 Å². The Labute approximate surface area is 136 Å². The lowest BCUT2D eigenvalue weighted by Gasteiger charge is -2.33. The maximum atomic E-state index is 12.4. The van der Waals surface area contributed by atoms with Crippen molar-refractivity contribution in [2.75, 3.05) is 11.5 Å². The fourth-order valence-corrected chi connectivity index (χ4v) is 3.64. The van der Waals surface area contributed by atoms with E-state index < -0.39 is 11.5 Å². The molecule has 8 nitrogen and oxygen atoms in total. The van der Waals surface area contributed by atoms with Gasteiger partial charge in [-0.25, -0.2) is 9.48 Å². The molecule has 1 aromatic carbocycles. The van der Waals surface area contributed by atoms with Crippen LogP contribution in [0.5, 0.6) is 0 Å². The molecule has 1 amide bonds. The molecule has 0 saturated carbocycles. The number of rotatable bonds is 4. The van der Waals surface area contributed by atoms with Crippen molar-refractivity contribution in [1.82, 2.24) is 25.5 Å². The molecule has 1 aliphatic rings. The number of tetrazole rings is 1. The highest BCUT2D eigenvalue weighted by molar-refractivity contribution is 7.99. The molecule has 1 aromatic heterocycles. The monoisotopic (exact) mass is 333 g/mol. The third-order valence-corrected chi connectivity index (χ3v) is 4.84. The molecule has 9 heteroatoms. The van der Waals surface area contributed by atoms with Crippen molar-refractivity contribution in [2.45, 2.75) is 18.4 Å². The molecule has 0 spiro atoms. The van der Waals surface area contributed by atoms with E-state index in [1.807, 2.05) is 0 Å². The number of hydrogen-bond acceptors (Lipinski definition) is 6. The number of aromatic nitrogens is 4. The number of aliphatic carboxylic acids is 1. The molecule has 0 radical (unpaired) electrons. The molecule has 120 valence electrons. The van der Waals surface area contributed by atoms with Crippen LogP contribution in [0.4, 0.5) is 0 Å². The molecule has 1 aliphatic heterocycles. The number of benzene rings is 1. The average molecular weight is 333 g/mol. The minimum absolute atomic E-state index is 0.387. The third kappa shape index (κ3) is 3.19. The van der Waals surface area contributed by atoms with Crippen molar-refractivity contribution >= 4 is 23.6 Å². The lowest BCUT2D eigenvalue weighted by Crippen LogP contribution is -2.56. The Kier molecular flexibility index (Phi) is 4.28. The molecule has 0 bridgehead atoms. The van der Waals surface area contributed by atoms with Crippen LogP contribution in [-0.4, -0.2) is 54.2 Å². The van der Waals surface area contributed by atoms with Gasteiger partial charge in [0.2, 0.25) is 0 Å². The normalized spacial score (nSPS) is 16.7. The van der Waals surface area contributed by atoms with Crippen LogP contribution in [0.15, 0.2) is 30.6 Å². The Bertz CT molecular complexity index is 696. The Morgan fingerprint density at radius 3 is 2.48 bits per heavy atom. The summed E-state index contributed by atoms with van der Waals surface area (Å²) >= 11 is 1.70. The first-order valence-corrected chi connectivity index (χ1v) is 8.23. The first kappa shape index (κ1) is 15.5. The van der Waals surface area contributed by atoms with Gasteiger partial charge in [0.15, 0.2) is 0 Å². The topological polar surface area (TPSA) is 110 Å². The molecule has 0 aliphatic carbocycles. The van der Waals surface area contributed by atoms with Gasteiger partial charge in [0.1, 0.15) is 11.9 Å². The van der Waals surface area contributed by atoms with Crippen LogP contribution in [0.3, 0.4) is 0 Å². The van der Waals surface area contributed by atoms with Crippen molar-refractivity contribution < 1.29 is 14.7 Å². The van der Waals surface area contributed by atoms with Crippen molar-refractivity contribution in [3.63, 3.8) is 0 Å². The predicted octanol–water partition coefficient (Wildman–Crippen LogP) is 0.742. The van der Waals surface area contributed by atoms with Crippen molar-refractivity contribution in [3.8, 4) is 5.69 Å². The second kappa shape index (κ2) is 6.37. The number of carbonyl (C=O) groups excluding carboxylic acids is 1. The molecule has 1 fully saturated rings. The highest BCUT2D eigenvalue weighted by atomic mass is 32.2. The zero-order valence-corrected chi connectivity index (χ0v) is 13.0. The van der Waals surface area contributed by atoms with Gasteiger partial charge in [0, 0.05) is 5.56 Å². The number of carboxylic acids is 1. The highest BCUT2D eigenvalue weighted by Crippen LogP contribution is 2.27. The van der Waals surface area contributed by atoms with E-state index in [0.717, 1.165) is 11.5 Å². The highest BCUT2D eigenvalue weighted by Gasteiger charge is 2.41. The molecular weight excluding hydrogens is 318 g/mol. The Morgan fingerprint density at radius 1 is 1.22 bits per heavy atom. The quantitative estimate of drug-likeness (QED) is 0.849. The van der Waals surface area contributed by atoms with Gasteiger partial charge in [0.25, 0.3) is 5.91 Å². The van der Waals surface area contributed by atoms with E-state index in [4.69, 9.17) is 0 Å². The summed E-state index contributed by atoms with van der Waals surface area (Å²) in [6.45, 7) is 0. The summed E-state index contributed by atoms with van der Waals surface area (Å²) in [6, 6.07) is 6.66. The molecule has 2 aromatic rings. The zero-order valence-electron chi connectivity index (χ0n) is 12.2. The molecule has 0 unspecified atom stereocenters. The first-order valence-electron chi connectivity index (χ1n) is 7.08. The molecule has 2 heterocycles. The molecule has 1 saturated heterocycles. The van der Waals surface area contributed by atoms with Crippen molar-refractivity contribution in [1.29, 1.82) is 0 Å². The fourth-order valence-electron chi connectivity index (χ4n) is 2.45. The summed E-state index contributed by atoms with van der Waals surface area (Å²) in [6.07, 6.45) is 2.32. The van der Waals surface area contributed by atoms with Gasteiger partial charge in [0.05, 0.1) is 5.69 Å². The lowest BCUT2D eigenvalue weighted by atomic mass is 9.92. The molecular formula is C14H15N5O3S. The first-order chi connectivity index (χ1) is 11.1. The summed E-state index contributed by atoms with van der Waals surface area (Å²) in [7, 11) is 0. The number of nitrogens with one attached hydrogen (secondary N) is 1. The minimum Gasteiger partial charge on any atom is -0.480 e. The van der Waals surface area contributed by atoms with Gasteiger partial charge < -0.3 is 10.4 Å². The van der Waals surface area contributed by atoms with E-state index in [-0.39, 0.29) is 5.91 Å². The van der Waals surface area contributed by atoms with Gasteiger partial charge in [-0.3, -0.25) is 4.79 Å². The Morgan fingerprint density at radius 2 is 1.91 bits per heavy atom. The number of amides is 1. The molecule has 0 atom stereocenters. The number of nitrogens with zero attached hydrogens (tertiary/aromatic N) is 4. The largest absolute Gasteiger partial charge is 0.480 e. The van der Waals surface area contributed by atoms with E-state index in [9.17, 15) is 14.7 Å². The SMILES string of the molecule is O=C(NC1(C(=O)O)CCSCC1)c1ccc(-n2cnnn2)cc1. The zero-order chi connectivity index (χ0) is 16.3. The van der Waals surface area contributed by atoms with Gasteiger partial charge >= 0.3 is 5.97 Å². The van der Waals surface area contributed by atoms with Gasteiger partial charge in [-0.05, 0) is 59.0 Å². The number of thioether (sulfide) groups is 1. The molecule has 3 rings (SSSR count). The second-order valence-electron chi connectivity index (χ2n) is 5.26. The fraction of sp³-hybridized carbons (Fsp3) is 0.357. The number of carboxylic acid groups (broad SMARTS) is 1. The Hall–Kier alpha value is -2.42. The summed E-state index contributed by atoms with van der Waals surface area (Å²) in [5.41, 5.74) is -0.0501. The molecule has 23 heavy (non-hydrogen) atoms. The average Bonchev–Trinajstić information content (AvgIpc) is 3.10. The van der Waals surface area contributed by atoms with E-state index >= 15 is 0 Å². The van der Waals surface area contributed by atoms with Crippen LogP contribution in [0.2, 0.25) is 0 Å². The smallest absolute Gasteiger partial charge is 0.329 e. The van der Waals surface area contributed by atoms with Crippen LogP contribution in [0, 0.1) is 0 Å². The van der Waals surface area contributed by atoms with Crippen molar-refractivity contribution in [2.24, 2.45) is 0 Å². The van der Waals surface area contributed by atoms with Crippen LogP contribution >= 0.6 is 11.8 Å². The van der Waals surface area contributed by atoms with Gasteiger partial charge in [-0.2, -0.15) is 11.8 Å². The number of carbonyl (C=O) groups is 2. The maximum absolute atomic E-state index is 12.4. The second-order valence-corrected chi connectivity index (χ2v) is 6.48. The van der Waals surface area contributed by atoms with Crippen LogP contribution in [0.1, 0.15) is 23.2 Å². The van der Waals surface area contributed by atoms with Crippen LogP contribution in [-0.2, 0) is 4.79 Å². The molecule has 2 N–H and O–H groups in total. The summed E-state index contributed by atoms with van der Waals surface area (Å²) in [5.74, 6) is 0.0920.